The molecule has 0 radical (unpaired) electrons. The van der Waals surface area contributed by atoms with E-state index in [-0.39, 0.29) is 6.54 Å². The third-order valence-electron chi connectivity index (χ3n) is 3.83. The number of rotatable bonds is 4. The second-order valence-corrected chi connectivity index (χ2v) is 6.70. The van der Waals surface area contributed by atoms with Gasteiger partial charge in [0.2, 0.25) is 5.91 Å². The first kappa shape index (κ1) is 17.0. The molecule has 1 fully saturated rings. The van der Waals surface area contributed by atoms with Crippen LogP contribution in [-0.2, 0) is 9.59 Å². The van der Waals surface area contributed by atoms with Crippen LogP contribution in [0.5, 0.6) is 0 Å². The SMILES string of the molecule is Cc1cccc(C)c1NC(=O)CN1C(=O)S/C(=C/c2ccc[nH]2)C1=O. The van der Waals surface area contributed by atoms with E-state index in [4.69, 9.17) is 0 Å². The highest BCUT2D eigenvalue weighted by atomic mass is 32.2. The topological polar surface area (TPSA) is 82.3 Å². The number of aryl methyl sites for hydroxylation is 2. The molecule has 128 valence electrons. The standard InChI is InChI=1S/C18H17N3O3S/c1-11-5-3-6-12(2)16(11)20-15(22)10-21-17(23)14(25-18(21)24)9-13-7-4-8-19-13/h3-9,19H,10H2,1-2H3,(H,20,22)/b14-9+. The van der Waals surface area contributed by atoms with Crippen molar-refractivity contribution in [1.82, 2.24) is 9.88 Å². The Balaban J connectivity index is 1.71. The Hall–Kier alpha value is -2.80. The molecule has 1 saturated heterocycles. The van der Waals surface area contributed by atoms with Gasteiger partial charge in [0.1, 0.15) is 6.54 Å². The molecule has 2 N–H and O–H groups in total. The molecule has 25 heavy (non-hydrogen) atoms. The van der Waals surface area contributed by atoms with E-state index in [9.17, 15) is 14.4 Å². The number of imide groups is 1. The molecular weight excluding hydrogens is 338 g/mol. The Morgan fingerprint density at radius 3 is 2.56 bits per heavy atom. The van der Waals surface area contributed by atoms with Crippen molar-refractivity contribution in [2.75, 3.05) is 11.9 Å². The van der Waals surface area contributed by atoms with Crippen molar-refractivity contribution in [3.05, 3.63) is 58.3 Å². The molecular formula is C18H17N3O3S. The number of nitrogens with zero attached hydrogens (tertiary/aromatic N) is 1. The van der Waals surface area contributed by atoms with Crippen LogP contribution in [0.2, 0.25) is 0 Å². The first-order valence-corrected chi connectivity index (χ1v) is 8.52. The normalized spacial score (nSPS) is 15.9. The molecule has 0 unspecified atom stereocenters. The van der Waals surface area contributed by atoms with Gasteiger partial charge in [-0.05, 0) is 54.9 Å². The number of nitrogens with one attached hydrogen (secondary N) is 2. The zero-order chi connectivity index (χ0) is 18.0. The van der Waals surface area contributed by atoms with Crippen LogP contribution in [0.3, 0.4) is 0 Å². The van der Waals surface area contributed by atoms with E-state index in [2.05, 4.69) is 10.3 Å². The summed E-state index contributed by atoms with van der Waals surface area (Å²) in [6.07, 6.45) is 3.34. The smallest absolute Gasteiger partial charge is 0.294 e. The summed E-state index contributed by atoms with van der Waals surface area (Å²) in [5.41, 5.74) is 3.29. The zero-order valence-electron chi connectivity index (χ0n) is 13.8. The van der Waals surface area contributed by atoms with Crippen molar-refractivity contribution in [1.29, 1.82) is 0 Å². The van der Waals surface area contributed by atoms with Gasteiger partial charge in [-0.1, -0.05) is 18.2 Å². The monoisotopic (exact) mass is 355 g/mol. The fraction of sp³-hybridized carbons (Fsp3) is 0.167. The number of para-hydroxylation sites is 1. The summed E-state index contributed by atoms with van der Waals surface area (Å²) >= 11 is 0.833. The molecule has 0 saturated carbocycles. The Bertz CT molecular complexity index is 851. The molecule has 1 aromatic heterocycles. The molecule has 3 rings (SSSR count). The van der Waals surface area contributed by atoms with Gasteiger partial charge in [-0.2, -0.15) is 0 Å². The Morgan fingerprint density at radius 1 is 1.20 bits per heavy atom. The molecule has 7 heteroatoms. The van der Waals surface area contributed by atoms with Gasteiger partial charge in [0, 0.05) is 17.6 Å². The summed E-state index contributed by atoms with van der Waals surface area (Å²) in [4.78, 5) is 41.0. The molecule has 3 amide bonds. The van der Waals surface area contributed by atoms with E-state index in [1.54, 1.807) is 24.4 Å². The first-order chi connectivity index (χ1) is 12.0. The van der Waals surface area contributed by atoms with Crippen LogP contribution >= 0.6 is 11.8 Å². The van der Waals surface area contributed by atoms with Gasteiger partial charge >= 0.3 is 0 Å². The van der Waals surface area contributed by atoms with Crippen molar-refractivity contribution >= 4 is 40.6 Å². The number of carbonyl (C=O) groups excluding carboxylic acids is 3. The lowest BCUT2D eigenvalue weighted by Gasteiger charge is -2.15. The largest absolute Gasteiger partial charge is 0.362 e. The van der Waals surface area contributed by atoms with Crippen molar-refractivity contribution in [2.24, 2.45) is 0 Å². The highest BCUT2D eigenvalue weighted by Crippen LogP contribution is 2.32. The summed E-state index contributed by atoms with van der Waals surface area (Å²) in [6.45, 7) is 3.48. The number of aromatic amines is 1. The summed E-state index contributed by atoms with van der Waals surface area (Å²) in [5.74, 6) is -0.859. The van der Waals surface area contributed by atoms with E-state index >= 15 is 0 Å². The molecule has 0 atom stereocenters. The maximum absolute atomic E-state index is 12.4. The number of benzene rings is 1. The lowest BCUT2D eigenvalue weighted by atomic mass is 10.1. The van der Waals surface area contributed by atoms with Crippen molar-refractivity contribution in [3.8, 4) is 0 Å². The van der Waals surface area contributed by atoms with Gasteiger partial charge in [-0.15, -0.1) is 0 Å². The van der Waals surface area contributed by atoms with Gasteiger partial charge in [0.25, 0.3) is 11.1 Å². The number of aromatic nitrogens is 1. The van der Waals surface area contributed by atoms with Crippen molar-refractivity contribution < 1.29 is 14.4 Å². The van der Waals surface area contributed by atoms with Crippen LogP contribution in [0.15, 0.2) is 41.4 Å². The highest BCUT2D eigenvalue weighted by Gasteiger charge is 2.36. The summed E-state index contributed by atoms with van der Waals surface area (Å²) in [6, 6.07) is 9.28. The number of amides is 3. The molecule has 0 aliphatic carbocycles. The molecule has 1 aromatic carbocycles. The Morgan fingerprint density at radius 2 is 1.92 bits per heavy atom. The third kappa shape index (κ3) is 3.66. The number of hydrogen-bond acceptors (Lipinski definition) is 4. The summed E-state index contributed by atoms with van der Waals surface area (Å²) in [7, 11) is 0. The van der Waals surface area contributed by atoms with Gasteiger partial charge in [0.15, 0.2) is 0 Å². The highest BCUT2D eigenvalue weighted by molar-refractivity contribution is 8.18. The lowest BCUT2D eigenvalue weighted by Crippen LogP contribution is -2.36. The number of anilines is 1. The maximum atomic E-state index is 12.4. The molecule has 2 heterocycles. The lowest BCUT2D eigenvalue weighted by molar-refractivity contribution is -0.127. The fourth-order valence-corrected chi connectivity index (χ4v) is 3.37. The summed E-state index contributed by atoms with van der Waals surface area (Å²) in [5, 5.41) is 2.34. The molecule has 1 aliphatic heterocycles. The summed E-state index contributed by atoms with van der Waals surface area (Å²) < 4.78 is 0. The van der Waals surface area contributed by atoms with E-state index in [0.29, 0.717) is 10.6 Å². The Kier molecular flexibility index (Phi) is 4.76. The Labute approximate surface area is 149 Å². The van der Waals surface area contributed by atoms with E-state index < -0.39 is 17.1 Å². The van der Waals surface area contributed by atoms with Crippen LogP contribution in [-0.4, -0.2) is 33.5 Å². The second-order valence-electron chi connectivity index (χ2n) is 5.71. The van der Waals surface area contributed by atoms with E-state index in [1.165, 1.54) is 0 Å². The number of hydrogen-bond donors (Lipinski definition) is 2. The van der Waals surface area contributed by atoms with Crippen LogP contribution in [0, 0.1) is 13.8 Å². The average Bonchev–Trinajstić information content (AvgIpc) is 3.16. The minimum atomic E-state index is -0.457. The predicted molar refractivity (Wildman–Crippen MR) is 98.0 cm³/mol. The average molecular weight is 355 g/mol. The van der Waals surface area contributed by atoms with E-state index in [0.717, 1.165) is 33.5 Å². The predicted octanol–water partition coefficient (Wildman–Crippen LogP) is 3.31. The zero-order valence-corrected chi connectivity index (χ0v) is 14.6. The minimum absolute atomic E-state index is 0.298. The van der Waals surface area contributed by atoms with Gasteiger partial charge in [0.05, 0.1) is 4.91 Å². The van der Waals surface area contributed by atoms with Gasteiger partial charge in [-0.25, -0.2) is 0 Å². The first-order valence-electron chi connectivity index (χ1n) is 7.70. The molecule has 2 aromatic rings. The van der Waals surface area contributed by atoms with Crippen LogP contribution in [0.4, 0.5) is 10.5 Å². The van der Waals surface area contributed by atoms with Gasteiger partial charge in [-0.3, -0.25) is 19.3 Å². The van der Waals surface area contributed by atoms with E-state index in [1.807, 2.05) is 32.0 Å². The van der Waals surface area contributed by atoms with Crippen molar-refractivity contribution in [3.63, 3.8) is 0 Å². The molecule has 0 spiro atoms. The quantitative estimate of drug-likeness (QED) is 0.825. The minimum Gasteiger partial charge on any atom is -0.362 e. The number of H-pyrrole nitrogens is 1. The second kappa shape index (κ2) is 6.98. The third-order valence-corrected chi connectivity index (χ3v) is 4.74. The number of carbonyl (C=O) groups is 3. The van der Waals surface area contributed by atoms with Crippen molar-refractivity contribution in [2.45, 2.75) is 13.8 Å². The van der Waals surface area contributed by atoms with Crippen LogP contribution in [0.1, 0.15) is 16.8 Å². The van der Waals surface area contributed by atoms with Gasteiger partial charge < -0.3 is 10.3 Å². The molecule has 1 aliphatic rings. The van der Waals surface area contributed by atoms with Crippen LogP contribution in [0.25, 0.3) is 6.08 Å². The maximum Gasteiger partial charge on any atom is 0.294 e. The molecule has 0 bridgehead atoms. The van der Waals surface area contributed by atoms with Crippen LogP contribution < -0.4 is 5.32 Å². The molecule has 6 nitrogen and oxygen atoms in total. The fourth-order valence-electron chi connectivity index (χ4n) is 2.55. The number of thioether (sulfide) groups is 1.